The number of hydrogen-bond acceptors (Lipinski definition) is 4. The van der Waals surface area contributed by atoms with E-state index < -0.39 is 28.3 Å². The van der Waals surface area contributed by atoms with Crippen LogP contribution in [0.25, 0.3) is 0 Å². The number of fused-ring (bicyclic) bond motifs is 2. The Morgan fingerprint density at radius 2 is 1.66 bits per heavy atom. The summed E-state index contributed by atoms with van der Waals surface area (Å²) in [4.78, 5) is 17.5. The largest absolute Gasteiger partial charge is 0.388 e. The van der Waals surface area contributed by atoms with Gasteiger partial charge in [0.15, 0.2) is 0 Å². The third kappa shape index (κ3) is 3.47. The Labute approximate surface area is 204 Å². The molecule has 0 aliphatic carbocycles. The second kappa shape index (κ2) is 8.03. The number of para-hydroxylation sites is 1. The molecule has 178 valence electrons. The number of benzene rings is 3. The molecule has 7 nitrogen and oxygen atoms in total. The van der Waals surface area contributed by atoms with Crippen LogP contribution in [0.5, 0.6) is 0 Å². The smallest absolute Gasteiger partial charge is 0.283 e. The number of aliphatic hydroxyl groups is 1. The van der Waals surface area contributed by atoms with Crippen LogP contribution in [-0.2, 0) is 21.2 Å². The third-order valence-electron chi connectivity index (χ3n) is 7.24. The summed E-state index contributed by atoms with van der Waals surface area (Å²) in [5.41, 5.74) is 3.29. The molecule has 1 N–H and O–H groups in total. The van der Waals surface area contributed by atoms with E-state index in [1.54, 1.807) is 29.2 Å². The van der Waals surface area contributed by atoms with Gasteiger partial charge < -0.3 is 10.0 Å². The molecule has 3 aliphatic rings. The van der Waals surface area contributed by atoms with E-state index in [0.29, 0.717) is 23.5 Å². The zero-order chi connectivity index (χ0) is 24.3. The highest BCUT2D eigenvalue weighted by Crippen LogP contribution is 2.51. The van der Waals surface area contributed by atoms with E-state index in [4.69, 9.17) is 0 Å². The van der Waals surface area contributed by atoms with Gasteiger partial charge in [-0.25, -0.2) is 0 Å². The normalized spacial score (nSPS) is 26.2. The van der Waals surface area contributed by atoms with Crippen molar-refractivity contribution in [2.75, 3.05) is 4.90 Å². The van der Waals surface area contributed by atoms with Gasteiger partial charge in [-0.1, -0.05) is 66.2 Å². The summed E-state index contributed by atoms with van der Waals surface area (Å²) < 4.78 is 30.8. The van der Waals surface area contributed by atoms with Gasteiger partial charge in [0, 0.05) is 24.3 Å². The zero-order valence-corrected chi connectivity index (χ0v) is 20.0. The van der Waals surface area contributed by atoms with Crippen molar-refractivity contribution in [1.29, 1.82) is 0 Å². The Kier molecular flexibility index (Phi) is 5.05. The van der Waals surface area contributed by atoms with E-state index in [1.807, 2.05) is 66.4 Å². The number of aryl methyl sites for hydroxylation is 1. The van der Waals surface area contributed by atoms with E-state index in [0.717, 1.165) is 11.1 Å². The maximum Gasteiger partial charge on any atom is 0.283 e. The Bertz CT molecular complexity index is 1440. The molecule has 0 aromatic heterocycles. The molecular formula is C27H25N3O4S. The van der Waals surface area contributed by atoms with Gasteiger partial charge in [-0.05, 0) is 30.7 Å². The van der Waals surface area contributed by atoms with Crippen LogP contribution in [0.4, 0.5) is 5.69 Å². The average molecular weight is 488 g/mol. The minimum Gasteiger partial charge on any atom is -0.388 e. The van der Waals surface area contributed by atoms with Crippen molar-refractivity contribution in [3.05, 3.63) is 95.6 Å². The Hall–Kier alpha value is -3.49. The van der Waals surface area contributed by atoms with Gasteiger partial charge in [0.2, 0.25) is 0 Å². The van der Waals surface area contributed by atoms with E-state index >= 15 is 0 Å². The molecule has 6 rings (SSSR count). The molecule has 0 spiro atoms. The van der Waals surface area contributed by atoms with Crippen LogP contribution in [0.2, 0.25) is 0 Å². The predicted molar refractivity (Wildman–Crippen MR) is 132 cm³/mol. The van der Waals surface area contributed by atoms with Crippen LogP contribution < -0.4 is 4.90 Å². The summed E-state index contributed by atoms with van der Waals surface area (Å²) in [7, 11) is -3.99. The van der Waals surface area contributed by atoms with Gasteiger partial charge in [0.05, 0.1) is 16.7 Å². The Morgan fingerprint density at radius 3 is 2.40 bits per heavy atom. The standard InChI is InChI=1S/C27H25N3O4S/c1-17-11-13-19(14-12-17)35(33,34)28-24-16-21-25(31)20-9-5-6-10-22(20)30-26(21)29(24)23(27(30)32)15-18-7-3-2-4-8-18/h2-14,21,23,25-26,31H,15-16H2,1H3/b28-24+/t21-,23-,25+,26+/m0/s1. The topological polar surface area (TPSA) is 90.3 Å². The number of rotatable bonds is 4. The molecule has 0 radical (unpaired) electrons. The van der Waals surface area contributed by atoms with Gasteiger partial charge in [0.1, 0.15) is 18.0 Å². The van der Waals surface area contributed by atoms with Gasteiger partial charge in [0.25, 0.3) is 15.9 Å². The molecule has 3 aromatic rings. The van der Waals surface area contributed by atoms with Crippen molar-refractivity contribution in [3.8, 4) is 0 Å². The summed E-state index contributed by atoms with van der Waals surface area (Å²) in [6.45, 7) is 1.89. The van der Waals surface area contributed by atoms with Crippen molar-refractivity contribution in [2.24, 2.45) is 10.3 Å². The number of hydrogen-bond donors (Lipinski definition) is 1. The zero-order valence-electron chi connectivity index (χ0n) is 19.2. The number of nitrogens with zero attached hydrogens (tertiary/aromatic N) is 3. The van der Waals surface area contributed by atoms with Crippen LogP contribution in [0.15, 0.2) is 88.2 Å². The molecule has 0 unspecified atom stereocenters. The van der Waals surface area contributed by atoms with Gasteiger partial charge in [-0.15, -0.1) is 4.40 Å². The lowest BCUT2D eigenvalue weighted by Gasteiger charge is -2.38. The fourth-order valence-corrected chi connectivity index (χ4v) is 6.63. The number of sulfonamides is 1. The van der Waals surface area contributed by atoms with E-state index in [2.05, 4.69) is 4.40 Å². The number of amidine groups is 1. The second-order valence-electron chi connectivity index (χ2n) is 9.40. The molecule has 3 aromatic carbocycles. The van der Waals surface area contributed by atoms with E-state index in [-0.39, 0.29) is 23.1 Å². The summed E-state index contributed by atoms with van der Waals surface area (Å²) in [5.74, 6) is -0.158. The third-order valence-corrected chi connectivity index (χ3v) is 8.56. The van der Waals surface area contributed by atoms with Crippen molar-refractivity contribution < 1.29 is 18.3 Å². The first-order chi connectivity index (χ1) is 16.8. The lowest BCUT2D eigenvalue weighted by molar-refractivity contribution is -0.119. The highest BCUT2D eigenvalue weighted by Gasteiger charge is 2.60. The molecule has 35 heavy (non-hydrogen) atoms. The first-order valence-electron chi connectivity index (χ1n) is 11.7. The number of carbonyl (C=O) groups is 1. The molecule has 1 amide bonds. The molecular weight excluding hydrogens is 462 g/mol. The molecule has 0 bridgehead atoms. The van der Waals surface area contributed by atoms with E-state index in [9.17, 15) is 18.3 Å². The molecule has 0 saturated carbocycles. The maximum absolute atomic E-state index is 13.8. The summed E-state index contributed by atoms with van der Waals surface area (Å²) in [6, 6.07) is 23.0. The summed E-state index contributed by atoms with van der Waals surface area (Å²) in [6.07, 6.45) is -0.622. The Balaban J connectivity index is 1.48. The van der Waals surface area contributed by atoms with Gasteiger partial charge in [-0.3, -0.25) is 9.69 Å². The molecule has 2 fully saturated rings. The lowest BCUT2D eigenvalue weighted by Crippen LogP contribution is -2.46. The first kappa shape index (κ1) is 22.0. The number of anilines is 1. The number of amides is 1. The summed E-state index contributed by atoms with van der Waals surface area (Å²) in [5, 5.41) is 11.3. The predicted octanol–water partition coefficient (Wildman–Crippen LogP) is 3.44. The van der Waals surface area contributed by atoms with Crippen LogP contribution in [0, 0.1) is 12.8 Å². The highest BCUT2D eigenvalue weighted by atomic mass is 32.2. The number of carbonyl (C=O) groups excluding carboxylic acids is 1. The average Bonchev–Trinajstić information content (AvgIpc) is 3.35. The van der Waals surface area contributed by atoms with Crippen molar-refractivity contribution >= 4 is 27.5 Å². The van der Waals surface area contributed by atoms with Crippen LogP contribution >= 0.6 is 0 Å². The fourth-order valence-electron chi connectivity index (χ4n) is 5.60. The molecule has 8 heteroatoms. The Morgan fingerprint density at radius 1 is 0.971 bits per heavy atom. The second-order valence-corrected chi connectivity index (χ2v) is 11.0. The van der Waals surface area contributed by atoms with Crippen molar-refractivity contribution in [1.82, 2.24) is 4.90 Å². The molecule has 3 heterocycles. The monoisotopic (exact) mass is 487 g/mol. The van der Waals surface area contributed by atoms with E-state index in [1.165, 1.54) is 0 Å². The van der Waals surface area contributed by atoms with Gasteiger partial charge >= 0.3 is 0 Å². The van der Waals surface area contributed by atoms with Crippen LogP contribution in [-0.4, -0.2) is 42.4 Å². The lowest BCUT2D eigenvalue weighted by atomic mass is 9.87. The van der Waals surface area contributed by atoms with Gasteiger partial charge in [-0.2, -0.15) is 8.42 Å². The number of aliphatic hydroxyl groups excluding tert-OH is 1. The molecule has 4 atom stereocenters. The SMILES string of the molecule is Cc1ccc(S(=O)(=O)/N=C2\C[C@H]3[C@H](O)c4ccccc4N4C(=O)[C@H](Cc5ccccc5)N2[C@@H]34)cc1. The molecule has 2 saturated heterocycles. The summed E-state index contributed by atoms with van der Waals surface area (Å²) >= 11 is 0. The first-order valence-corrected chi connectivity index (χ1v) is 13.1. The highest BCUT2D eigenvalue weighted by molar-refractivity contribution is 7.90. The maximum atomic E-state index is 13.8. The van der Waals surface area contributed by atoms with Crippen molar-refractivity contribution in [2.45, 2.75) is 43.0 Å². The van der Waals surface area contributed by atoms with Crippen LogP contribution in [0.1, 0.15) is 29.2 Å². The quantitative estimate of drug-likeness (QED) is 0.609. The van der Waals surface area contributed by atoms with Crippen LogP contribution in [0.3, 0.4) is 0 Å². The van der Waals surface area contributed by atoms with Crippen molar-refractivity contribution in [3.63, 3.8) is 0 Å². The minimum absolute atomic E-state index is 0.108. The molecule has 3 aliphatic heterocycles. The minimum atomic E-state index is -3.99. The fraction of sp³-hybridized carbons (Fsp3) is 0.259.